The van der Waals surface area contributed by atoms with Crippen molar-refractivity contribution in [2.24, 2.45) is 0 Å². The lowest BCUT2D eigenvalue weighted by atomic mass is 10.1. The summed E-state index contributed by atoms with van der Waals surface area (Å²) in [7, 11) is 1.29. The third kappa shape index (κ3) is 5.79. The summed E-state index contributed by atoms with van der Waals surface area (Å²) in [5.74, 6) is -0.991. The quantitative estimate of drug-likeness (QED) is 0.520. The van der Waals surface area contributed by atoms with E-state index in [4.69, 9.17) is 4.74 Å². The molecule has 8 nitrogen and oxygen atoms in total. The van der Waals surface area contributed by atoms with Crippen LogP contribution in [0.2, 0.25) is 0 Å². The summed E-state index contributed by atoms with van der Waals surface area (Å²) in [6.07, 6.45) is 1.35. The van der Waals surface area contributed by atoms with Crippen molar-refractivity contribution in [3.63, 3.8) is 0 Å². The van der Waals surface area contributed by atoms with Gasteiger partial charge >= 0.3 is 5.97 Å². The Balaban J connectivity index is 1.68. The number of nitrogens with zero attached hydrogens (tertiary/aromatic N) is 2. The number of hydrogen-bond donors (Lipinski definition) is 2. The number of anilines is 1. The van der Waals surface area contributed by atoms with Gasteiger partial charge in [-0.3, -0.25) is 9.59 Å². The second kappa shape index (κ2) is 10.0. The lowest BCUT2D eigenvalue weighted by Crippen LogP contribution is -2.24. The number of esters is 1. The van der Waals surface area contributed by atoms with Gasteiger partial charge in [0.05, 0.1) is 7.11 Å². The van der Waals surface area contributed by atoms with Gasteiger partial charge in [0.25, 0.3) is 5.56 Å². The highest BCUT2D eigenvalue weighted by molar-refractivity contribution is 7.16. The molecule has 0 spiro atoms. The number of rotatable bonds is 8. The molecule has 0 unspecified atom stereocenters. The molecule has 2 N–H and O–H groups in total. The highest BCUT2D eigenvalue weighted by Gasteiger charge is 2.20. The molecule has 1 aromatic carbocycles. The Morgan fingerprint density at radius 1 is 1.19 bits per heavy atom. The van der Waals surface area contributed by atoms with E-state index in [-0.39, 0.29) is 35.9 Å². The number of nitrogens with one attached hydrogen (secondary N) is 1. The van der Waals surface area contributed by atoms with E-state index in [0.717, 1.165) is 22.9 Å². The number of aryl methyl sites for hydroxylation is 3. The number of carbonyl (C=O) groups is 2. The van der Waals surface area contributed by atoms with Crippen LogP contribution >= 0.6 is 11.3 Å². The van der Waals surface area contributed by atoms with Gasteiger partial charge in [-0.25, -0.2) is 9.78 Å². The predicted octanol–water partition coefficient (Wildman–Crippen LogP) is 2.92. The second-order valence-electron chi connectivity index (χ2n) is 6.91. The Morgan fingerprint density at radius 3 is 2.61 bits per heavy atom. The van der Waals surface area contributed by atoms with Crippen LogP contribution in [0.25, 0.3) is 0 Å². The molecular weight excluding hydrogens is 418 g/mol. The van der Waals surface area contributed by atoms with Crippen LogP contribution in [-0.2, 0) is 28.9 Å². The van der Waals surface area contributed by atoms with Gasteiger partial charge in [0.2, 0.25) is 5.91 Å². The van der Waals surface area contributed by atoms with E-state index in [1.165, 1.54) is 29.1 Å². The van der Waals surface area contributed by atoms with Gasteiger partial charge in [-0.15, -0.1) is 11.3 Å². The van der Waals surface area contributed by atoms with Gasteiger partial charge in [-0.05, 0) is 31.4 Å². The Kier molecular flexibility index (Phi) is 7.19. The largest absolute Gasteiger partial charge is 0.508 e. The molecule has 0 saturated heterocycles. The smallest absolute Gasteiger partial charge is 0.357 e. The van der Waals surface area contributed by atoms with Crippen LogP contribution in [0.1, 0.15) is 33.0 Å². The minimum absolute atomic E-state index is 0.0397. The third-order valence-corrected chi connectivity index (χ3v) is 5.72. The van der Waals surface area contributed by atoms with Crippen LogP contribution in [0, 0.1) is 6.92 Å². The number of thiazole rings is 1. The van der Waals surface area contributed by atoms with E-state index in [9.17, 15) is 19.5 Å². The molecule has 31 heavy (non-hydrogen) atoms. The molecule has 0 atom stereocenters. The minimum Gasteiger partial charge on any atom is -0.508 e. The summed E-state index contributed by atoms with van der Waals surface area (Å²) in [6, 6.07) is 12.4. The Hall–Kier alpha value is -3.46. The standard InChI is InChI=1S/C22H23N3O5S/c1-14-12-16(26)13-19(28)25(14)11-10-18(27)23-22-24-20(21(29)30-2)17(31-22)9-8-15-6-4-3-5-7-15/h3-7,12-13,26H,8-11H2,1-2H3,(H,23,24,27). The highest BCUT2D eigenvalue weighted by atomic mass is 32.1. The Morgan fingerprint density at radius 2 is 1.94 bits per heavy atom. The summed E-state index contributed by atoms with van der Waals surface area (Å²) >= 11 is 1.24. The lowest BCUT2D eigenvalue weighted by Gasteiger charge is -2.09. The predicted molar refractivity (Wildman–Crippen MR) is 118 cm³/mol. The average molecular weight is 442 g/mol. The number of carbonyl (C=O) groups excluding carboxylic acids is 2. The van der Waals surface area contributed by atoms with E-state index >= 15 is 0 Å². The molecule has 1 amide bonds. The molecule has 0 aliphatic carbocycles. The Bertz CT molecular complexity index is 1140. The SMILES string of the molecule is COC(=O)c1nc(NC(=O)CCn2c(C)cc(O)cc2=O)sc1CCc1ccccc1. The van der Waals surface area contributed by atoms with Crippen LogP contribution < -0.4 is 10.9 Å². The van der Waals surface area contributed by atoms with E-state index in [2.05, 4.69) is 10.3 Å². The van der Waals surface area contributed by atoms with Crippen molar-refractivity contribution in [2.75, 3.05) is 12.4 Å². The normalized spacial score (nSPS) is 10.6. The lowest BCUT2D eigenvalue weighted by molar-refractivity contribution is -0.116. The molecule has 162 valence electrons. The summed E-state index contributed by atoms with van der Waals surface area (Å²) in [5.41, 5.74) is 1.51. The number of ether oxygens (including phenoxy) is 1. The first-order valence-electron chi connectivity index (χ1n) is 9.69. The molecule has 0 saturated carbocycles. The number of amides is 1. The van der Waals surface area contributed by atoms with Gasteiger partial charge < -0.3 is 19.7 Å². The summed E-state index contributed by atoms with van der Waals surface area (Å²) in [5, 5.41) is 12.5. The van der Waals surface area contributed by atoms with Gasteiger partial charge in [0.1, 0.15) is 5.75 Å². The van der Waals surface area contributed by atoms with Crippen molar-refractivity contribution < 1.29 is 19.4 Å². The number of pyridine rings is 1. The number of benzene rings is 1. The number of hydrogen-bond acceptors (Lipinski definition) is 7. The average Bonchev–Trinajstić information content (AvgIpc) is 3.14. The fourth-order valence-electron chi connectivity index (χ4n) is 3.13. The van der Waals surface area contributed by atoms with Crippen molar-refractivity contribution in [2.45, 2.75) is 32.7 Å². The molecule has 0 aliphatic heterocycles. The van der Waals surface area contributed by atoms with Gasteiger partial charge in [0, 0.05) is 29.6 Å². The highest BCUT2D eigenvalue weighted by Crippen LogP contribution is 2.25. The monoisotopic (exact) mass is 441 g/mol. The molecule has 9 heteroatoms. The van der Waals surface area contributed by atoms with Crippen LogP contribution in [0.5, 0.6) is 5.75 Å². The van der Waals surface area contributed by atoms with Crippen LogP contribution in [0.4, 0.5) is 5.13 Å². The number of methoxy groups -OCH3 is 1. The molecule has 0 aliphatic rings. The Labute approximate surface area is 183 Å². The maximum absolute atomic E-state index is 12.4. The first-order valence-corrected chi connectivity index (χ1v) is 10.5. The molecule has 0 fully saturated rings. The van der Waals surface area contributed by atoms with Crippen molar-refractivity contribution >= 4 is 28.3 Å². The number of aromatic hydroxyl groups is 1. The molecule has 0 radical (unpaired) electrons. The molecule has 0 bridgehead atoms. The topological polar surface area (TPSA) is 111 Å². The first-order chi connectivity index (χ1) is 14.9. The molecule has 2 aromatic heterocycles. The van der Waals surface area contributed by atoms with Crippen LogP contribution in [-0.4, -0.2) is 33.6 Å². The van der Waals surface area contributed by atoms with E-state index in [1.54, 1.807) is 6.92 Å². The summed E-state index contributed by atoms with van der Waals surface area (Å²) in [6.45, 7) is 1.84. The molecule has 3 rings (SSSR count). The molecular formula is C22H23N3O5S. The van der Waals surface area contributed by atoms with Crippen molar-refractivity contribution in [3.05, 3.63) is 74.6 Å². The number of aromatic nitrogens is 2. The van der Waals surface area contributed by atoms with Gasteiger partial charge in [-0.2, -0.15) is 0 Å². The van der Waals surface area contributed by atoms with E-state index in [1.807, 2.05) is 30.3 Å². The fraction of sp³-hybridized carbons (Fsp3) is 0.273. The molecule has 2 heterocycles. The molecule has 3 aromatic rings. The zero-order chi connectivity index (χ0) is 22.4. The first kappa shape index (κ1) is 22.2. The zero-order valence-electron chi connectivity index (χ0n) is 17.3. The summed E-state index contributed by atoms with van der Waals surface area (Å²) in [4.78, 5) is 41.5. The fourth-order valence-corrected chi connectivity index (χ4v) is 4.09. The summed E-state index contributed by atoms with van der Waals surface area (Å²) < 4.78 is 6.23. The minimum atomic E-state index is -0.550. The third-order valence-electron chi connectivity index (χ3n) is 4.69. The van der Waals surface area contributed by atoms with E-state index < -0.39 is 5.97 Å². The van der Waals surface area contributed by atoms with Gasteiger partial charge in [-0.1, -0.05) is 30.3 Å². The van der Waals surface area contributed by atoms with E-state index in [0.29, 0.717) is 17.2 Å². The van der Waals surface area contributed by atoms with Crippen LogP contribution in [0.3, 0.4) is 0 Å². The maximum atomic E-state index is 12.4. The van der Waals surface area contributed by atoms with Gasteiger partial charge in [0.15, 0.2) is 10.8 Å². The zero-order valence-corrected chi connectivity index (χ0v) is 18.1. The second-order valence-corrected chi connectivity index (χ2v) is 7.99. The maximum Gasteiger partial charge on any atom is 0.357 e. The van der Waals surface area contributed by atoms with Crippen molar-refractivity contribution in [1.82, 2.24) is 9.55 Å². The van der Waals surface area contributed by atoms with Crippen molar-refractivity contribution in [1.29, 1.82) is 0 Å². The van der Waals surface area contributed by atoms with Crippen molar-refractivity contribution in [3.8, 4) is 5.75 Å². The van der Waals surface area contributed by atoms with Crippen LogP contribution in [0.15, 0.2) is 47.3 Å².